The van der Waals surface area contributed by atoms with Gasteiger partial charge in [0.15, 0.2) is 11.9 Å². The third-order valence-corrected chi connectivity index (χ3v) is 4.62. The summed E-state index contributed by atoms with van der Waals surface area (Å²) in [5.74, 6) is 0.129. The first-order valence-electron chi connectivity index (χ1n) is 6.83. The number of fused-ring (bicyclic) bond motifs is 4. The summed E-state index contributed by atoms with van der Waals surface area (Å²) in [6.07, 6.45) is 1.51. The van der Waals surface area contributed by atoms with Gasteiger partial charge in [0.2, 0.25) is 0 Å². The Morgan fingerprint density at radius 1 is 1.11 bits per heavy atom. The van der Waals surface area contributed by atoms with Gasteiger partial charge in [0, 0.05) is 11.5 Å². The summed E-state index contributed by atoms with van der Waals surface area (Å²) in [5.41, 5.74) is 1.49. The average Bonchev–Trinajstić information content (AvgIpc) is 2.78. The van der Waals surface area contributed by atoms with E-state index in [9.17, 15) is 9.59 Å². The van der Waals surface area contributed by atoms with E-state index < -0.39 is 6.10 Å². The van der Waals surface area contributed by atoms with Gasteiger partial charge in [-0.2, -0.15) is 0 Å². The van der Waals surface area contributed by atoms with Crippen LogP contribution in [0.15, 0.2) is 24.3 Å². The number of hydrogen-bond acceptors (Lipinski definition) is 4. The van der Waals surface area contributed by atoms with Crippen LogP contribution in [0, 0.1) is 5.92 Å². The molecule has 1 aromatic rings. The van der Waals surface area contributed by atoms with Crippen molar-refractivity contribution in [1.29, 1.82) is 0 Å². The van der Waals surface area contributed by atoms with Crippen molar-refractivity contribution in [3.63, 3.8) is 0 Å². The number of piperidine rings is 3. The summed E-state index contributed by atoms with van der Waals surface area (Å²) < 4.78 is 5.49. The van der Waals surface area contributed by atoms with Crippen molar-refractivity contribution in [2.24, 2.45) is 5.92 Å². The second-order valence-corrected chi connectivity index (χ2v) is 5.57. The molecular weight excluding hydrogens is 242 g/mol. The Kier molecular flexibility index (Phi) is 2.30. The highest BCUT2D eigenvalue weighted by Gasteiger charge is 2.49. The molecular formula is C15H15NO3. The van der Waals surface area contributed by atoms with Gasteiger partial charge in [-0.1, -0.05) is 18.2 Å². The van der Waals surface area contributed by atoms with Gasteiger partial charge in [0.05, 0.1) is 5.56 Å². The number of ether oxygens (including phenoxy) is 1. The largest absolute Gasteiger partial charge is 0.452 e. The number of rotatable bonds is 1. The molecule has 0 amide bonds. The maximum atomic E-state index is 12.5. The zero-order chi connectivity index (χ0) is 13.0. The first kappa shape index (κ1) is 11.2. The number of ketones is 1. The molecule has 1 aromatic carbocycles. The normalized spacial score (nSPS) is 36.2. The number of cyclic esters (lactones) is 1. The minimum Gasteiger partial charge on any atom is -0.452 e. The third-order valence-electron chi connectivity index (χ3n) is 4.62. The third kappa shape index (κ3) is 1.49. The lowest BCUT2D eigenvalue weighted by Gasteiger charge is -2.45. The van der Waals surface area contributed by atoms with Crippen molar-refractivity contribution >= 4 is 11.8 Å². The van der Waals surface area contributed by atoms with Crippen LogP contribution >= 0.6 is 0 Å². The summed E-state index contributed by atoms with van der Waals surface area (Å²) in [6.45, 7) is 1.88. The second-order valence-electron chi connectivity index (χ2n) is 5.57. The van der Waals surface area contributed by atoms with Crippen LogP contribution in [-0.2, 0) is 9.53 Å². The number of benzene rings is 1. The van der Waals surface area contributed by atoms with Crippen LogP contribution in [0.4, 0.5) is 0 Å². The van der Waals surface area contributed by atoms with Gasteiger partial charge in [-0.05, 0) is 32.0 Å². The predicted molar refractivity (Wildman–Crippen MR) is 67.7 cm³/mol. The second kappa shape index (κ2) is 3.90. The lowest BCUT2D eigenvalue weighted by Crippen LogP contribution is -2.57. The number of nitrogens with zero attached hydrogens (tertiary/aromatic N) is 1. The molecule has 4 heterocycles. The molecule has 4 nitrogen and oxygen atoms in total. The van der Waals surface area contributed by atoms with E-state index in [1.807, 2.05) is 18.2 Å². The standard InChI is InChI=1S/C15H15NO3/c17-13-9-5-7-16(8-6-9)12(13)14-10-3-1-2-4-11(10)15(18)19-14/h1-4,9,12,14H,5-8H2/t12-,14+/m0/s1. The molecule has 4 aliphatic rings. The lowest BCUT2D eigenvalue weighted by molar-refractivity contribution is -0.143. The number of esters is 1. The Morgan fingerprint density at radius 3 is 2.58 bits per heavy atom. The van der Waals surface area contributed by atoms with Gasteiger partial charge in [0.1, 0.15) is 6.04 Å². The highest BCUT2D eigenvalue weighted by molar-refractivity contribution is 5.96. The number of carbonyl (C=O) groups excluding carboxylic acids is 2. The molecule has 19 heavy (non-hydrogen) atoms. The van der Waals surface area contributed by atoms with Crippen molar-refractivity contribution in [3.05, 3.63) is 35.4 Å². The van der Waals surface area contributed by atoms with E-state index in [0.717, 1.165) is 31.5 Å². The Morgan fingerprint density at radius 2 is 1.84 bits per heavy atom. The van der Waals surface area contributed by atoms with Gasteiger partial charge >= 0.3 is 5.97 Å². The van der Waals surface area contributed by atoms with Crippen LogP contribution in [0.25, 0.3) is 0 Å². The lowest BCUT2D eigenvalue weighted by atomic mass is 9.79. The van der Waals surface area contributed by atoms with Crippen molar-refractivity contribution in [1.82, 2.24) is 4.90 Å². The van der Waals surface area contributed by atoms with E-state index in [1.165, 1.54) is 0 Å². The van der Waals surface area contributed by atoms with Crippen LogP contribution in [0.1, 0.15) is 34.9 Å². The first-order chi connectivity index (χ1) is 9.25. The minimum atomic E-state index is -0.403. The van der Waals surface area contributed by atoms with Crippen LogP contribution in [-0.4, -0.2) is 35.8 Å². The smallest absolute Gasteiger partial charge is 0.339 e. The van der Waals surface area contributed by atoms with Gasteiger partial charge in [0.25, 0.3) is 0 Å². The summed E-state index contributed by atoms with van der Waals surface area (Å²) in [6, 6.07) is 7.15. The quantitative estimate of drug-likeness (QED) is 0.716. The summed E-state index contributed by atoms with van der Waals surface area (Å²) >= 11 is 0. The average molecular weight is 257 g/mol. The first-order valence-corrected chi connectivity index (χ1v) is 6.83. The van der Waals surface area contributed by atoms with Crippen molar-refractivity contribution in [2.45, 2.75) is 25.0 Å². The summed E-state index contributed by atoms with van der Waals surface area (Å²) in [4.78, 5) is 26.5. The highest BCUT2D eigenvalue weighted by Crippen LogP contribution is 2.41. The molecule has 0 aliphatic carbocycles. The molecule has 4 aliphatic heterocycles. The molecule has 0 unspecified atom stereocenters. The molecule has 3 saturated heterocycles. The molecule has 0 aromatic heterocycles. The molecule has 0 N–H and O–H groups in total. The van der Waals surface area contributed by atoms with Crippen LogP contribution in [0.2, 0.25) is 0 Å². The zero-order valence-corrected chi connectivity index (χ0v) is 10.5. The number of hydrogen-bond donors (Lipinski definition) is 0. The van der Waals surface area contributed by atoms with Crippen LogP contribution in [0.3, 0.4) is 0 Å². The molecule has 2 bridgehead atoms. The van der Waals surface area contributed by atoms with E-state index >= 15 is 0 Å². The maximum Gasteiger partial charge on any atom is 0.339 e. The molecule has 5 rings (SSSR count). The Labute approximate surface area is 111 Å². The van der Waals surface area contributed by atoms with Crippen molar-refractivity contribution in [3.8, 4) is 0 Å². The minimum absolute atomic E-state index is 0.168. The van der Waals surface area contributed by atoms with Crippen molar-refractivity contribution in [2.75, 3.05) is 13.1 Å². The van der Waals surface area contributed by atoms with Gasteiger partial charge in [-0.3, -0.25) is 9.69 Å². The fourth-order valence-corrected chi connectivity index (χ4v) is 3.63. The molecule has 0 spiro atoms. The van der Waals surface area contributed by atoms with E-state index in [1.54, 1.807) is 6.07 Å². The maximum absolute atomic E-state index is 12.5. The summed E-state index contributed by atoms with van der Waals surface area (Å²) in [7, 11) is 0. The Balaban J connectivity index is 1.74. The van der Waals surface area contributed by atoms with Crippen LogP contribution in [0.5, 0.6) is 0 Å². The van der Waals surface area contributed by atoms with Crippen LogP contribution < -0.4 is 0 Å². The van der Waals surface area contributed by atoms with E-state index in [0.29, 0.717) is 5.56 Å². The molecule has 98 valence electrons. The molecule has 2 atom stereocenters. The Hall–Kier alpha value is -1.68. The predicted octanol–water partition coefficient (Wildman–Crippen LogP) is 1.56. The topological polar surface area (TPSA) is 46.6 Å². The molecule has 0 radical (unpaired) electrons. The zero-order valence-electron chi connectivity index (χ0n) is 10.5. The number of Topliss-reactive ketones (excluding diaryl/α,β-unsaturated/α-hetero) is 1. The molecule has 4 heteroatoms. The molecule has 3 fully saturated rings. The van der Waals surface area contributed by atoms with Gasteiger partial charge in [-0.25, -0.2) is 4.79 Å². The van der Waals surface area contributed by atoms with Gasteiger partial charge in [-0.15, -0.1) is 0 Å². The number of carbonyl (C=O) groups is 2. The summed E-state index contributed by atoms with van der Waals surface area (Å²) in [5, 5.41) is 0. The fourth-order valence-electron chi connectivity index (χ4n) is 3.63. The van der Waals surface area contributed by atoms with Crippen molar-refractivity contribution < 1.29 is 14.3 Å². The fraction of sp³-hybridized carbons (Fsp3) is 0.467. The van der Waals surface area contributed by atoms with Gasteiger partial charge < -0.3 is 4.74 Å². The highest BCUT2D eigenvalue weighted by atomic mass is 16.6. The van der Waals surface area contributed by atoms with E-state index in [-0.39, 0.29) is 23.7 Å². The monoisotopic (exact) mass is 257 g/mol. The SMILES string of the molecule is O=C1O[C@@H]([C@@H]2C(=O)C3CCN2CC3)c2ccccc21. The molecule has 0 saturated carbocycles. The van der Waals surface area contributed by atoms with E-state index in [2.05, 4.69) is 4.90 Å². The van der Waals surface area contributed by atoms with E-state index in [4.69, 9.17) is 4.74 Å². The Bertz CT molecular complexity index is 560.